The second-order valence-electron chi connectivity index (χ2n) is 6.94. The number of hydrogen-bond acceptors (Lipinski definition) is 5. The minimum atomic E-state index is -0.491. The summed E-state index contributed by atoms with van der Waals surface area (Å²) in [5, 5.41) is 5.75. The SMILES string of the molecule is Cc1cccc(NC(=O)CN(C)C(C)C(=O)Nc2ccc3c(c2)OCO3)c1C. The standard InChI is InChI=1S/C21H25N3O4/c1-13-6-5-7-17(14(13)2)23-20(25)11-24(4)15(3)21(26)22-16-8-9-18-19(10-16)28-12-27-18/h5-10,15H,11-12H2,1-4H3,(H,22,26)(H,23,25). The first-order valence-corrected chi connectivity index (χ1v) is 9.12. The van der Waals surface area contributed by atoms with Crippen molar-refractivity contribution in [2.75, 3.05) is 31.0 Å². The summed E-state index contributed by atoms with van der Waals surface area (Å²) in [6.07, 6.45) is 0. The number of hydrogen-bond donors (Lipinski definition) is 2. The van der Waals surface area contributed by atoms with Crippen LogP contribution in [0.2, 0.25) is 0 Å². The molecule has 7 nitrogen and oxygen atoms in total. The predicted molar refractivity (Wildman–Crippen MR) is 108 cm³/mol. The smallest absolute Gasteiger partial charge is 0.241 e. The van der Waals surface area contributed by atoms with Crippen molar-refractivity contribution in [3.63, 3.8) is 0 Å². The van der Waals surface area contributed by atoms with Crippen LogP contribution in [0, 0.1) is 13.8 Å². The molecule has 0 fully saturated rings. The number of carbonyl (C=O) groups is 2. The Labute approximate surface area is 164 Å². The number of nitrogens with one attached hydrogen (secondary N) is 2. The van der Waals surface area contributed by atoms with Gasteiger partial charge in [0.2, 0.25) is 18.6 Å². The summed E-state index contributed by atoms with van der Waals surface area (Å²) in [5.74, 6) is 0.887. The van der Waals surface area contributed by atoms with Crippen molar-refractivity contribution < 1.29 is 19.1 Å². The van der Waals surface area contributed by atoms with Gasteiger partial charge in [-0.3, -0.25) is 14.5 Å². The topological polar surface area (TPSA) is 79.9 Å². The minimum Gasteiger partial charge on any atom is -0.454 e. The lowest BCUT2D eigenvalue weighted by molar-refractivity contribution is -0.122. The minimum absolute atomic E-state index is 0.100. The van der Waals surface area contributed by atoms with E-state index < -0.39 is 6.04 Å². The van der Waals surface area contributed by atoms with Gasteiger partial charge in [0, 0.05) is 17.4 Å². The molecule has 28 heavy (non-hydrogen) atoms. The molecule has 1 atom stereocenters. The Morgan fingerprint density at radius 2 is 1.86 bits per heavy atom. The molecule has 1 aliphatic heterocycles. The quantitative estimate of drug-likeness (QED) is 0.802. The Morgan fingerprint density at radius 1 is 1.11 bits per heavy atom. The summed E-state index contributed by atoms with van der Waals surface area (Å²) in [7, 11) is 1.74. The Balaban J connectivity index is 1.55. The van der Waals surface area contributed by atoms with Gasteiger partial charge >= 0.3 is 0 Å². The number of carbonyl (C=O) groups excluding carboxylic acids is 2. The number of amides is 2. The number of likely N-dealkylation sites (N-methyl/N-ethyl adjacent to an activating group) is 1. The van der Waals surface area contributed by atoms with Crippen LogP contribution >= 0.6 is 0 Å². The van der Waals surface area contributed by atoms with Gasteiger partial charge in [0.05, 0.1) is 12.6 Å². The second-order valence-corrected chi connectivity index (χ2v) is 6.94. The van der Waals surface area contributed by atoms with Gasteiger partial charge in [0.15, 0.2) is 11.5 Å². The molecule has 2 aromatic carbocycles. The lowest BCUT2D eigenvalue weighted by atomic mass is 10.1. The van der Waals surface area contributed by atoms with E-state index in [-0.39, 0.29) is 25.2 Å². The number of benzene rings is 2. The highest BCUT2D eigenvalue weighted by Gasteiger charge is 2.21. The van der Waals surface area contributed by atoms with Crippen molar-refractivity contribution >= 4 is 23.2 Å². The molecule has 148 valence electrons. The van der Waals surface area contributed by atoms with Crippen LogP contribution in [0.3, 0.4) is 0 Å². The zero-order valence-corrected chi connectivity index (χ0v) is 16.5. The average molecular weight is 383 g/mol. The van der Waals surface area contributed by atoms with E-state index in [1.54, 1.807) is 37.1 Å². The lowest BCUT2D eigenvalue weighted by Gasteiger charge is -2.23. The summed E-state index contributed by atoms with van der Waals surface area (Å²) in [6, 6.07) is 10.5. The molecule has 2 aromatic rings. The predicted octanol–water partition coefficient (Wildman–Crippen LogP) is 2.93. The third kappa shape index (κ3) is 4.43. The van der Waals surface area contributed by atoms with Gasteiger partial charge in [0.25, 0.3) is 0 Å². The zero-order valence-electron chi connectivity index (χ0n) is 16.5. The summed E-state index contributed by atoms with van der Waals surface area (Å²) in [4.78, 5) is 26.6. The number of aryl methyl sites for hydroxylation is 1. The largest absolute Gasteiger partial charge is 0.454 e. The van der Waals surface area contributed by atoms with Crippen LogP contribution < -0.4 is 20.1 Å². The van der Waals surface area contributed by atoms with E-state index in [4.69, 9.17) is 9.47 Å². The third-order valence-electron chi connectivity index (χ3n) is 4.95. The van der Waals surface area contributed by atoms with Crippen LogP contribution in [-0.2, 0) is 9.59 Å². The molecule has 0 aliphatic carbocycles. The molecule has 0 spiro atoms. The normalized spacial score (nSPS) is 13.3. The van der Waals surface area contributed by atoms with Crippen LogP contribution in [0.1, 0.15) is 18.1 Å². The van der Waals surface area contributed by atoms with Crippen molar-refractivity contribution in [1.82, 2.24) is 4.90 Å². The van der Waals surface area contributed by atoms with Gasteiger partial charge < -0.3 is 20.1 Å². The van der Waals surface area contributed by atoms with Crippen molar-refractivity contribution in [1.29, 1.82) is 0 Å². The van der Waals surface area contributed by atoms with Gasteiger partial charge in [-0.05, 0) is 57.1 Å². The third-order valence-corrected chi connectivity index (χ3v) is 4.95. The molecule has 3 rings (SSSR count). The molecule has 7 heteroatoms. The Morgan fingerprint density at radius 3 is 2.64 bits per heavy atom. The molecule has 0 saturated heterocycles. The molecule has 0 radical (unpaired) electrons. The summed E-state index contributed by atoms with van der Waals surface area (Å²) in [6.45, 7) is 6.01. The van der Waals surface area contributed by atoms with Gasteiger partial charge in [-0.2, -0.15) is 0 Å². The Hall–Kier alpha value is -3.06. The van der Waals surface area contributed by atoms with Gasteiger partial charge in [-0.25, -0.2) is 0 Å². The van der Waals surface area contributed by atoms with Gasteiger partial charge in [-0.15, -0.1) is 0 Å². The van der Waals surface area contributed by atoms with Crippen LogP contribution in [0.5, 0.6) is 11.5 Å². The van der Waals surface area contributed by atoms with Gasteiger partial charge in [0.1, 0.15) is 0 Å². The molecule has 1 aliphatic rings. The zero-order chi connectivity index (χ0) is 20.3. The fourth-order valence-corrected chi connectivity index (χ4v) is 2.86. The number of nitrogens with zero attached hydrogens (tertiary/aromatic N) is 1. The molecule has 1 heterocycles. The fraction of sp³-hybridized carbons (Fsp3) is 0.333. The molecule has 0 aromatic heterocycles. The van der Waals surface area contributed by atoms with E-state index in [0.29, 0.717) is 17.2 Å². The number of fused-ring (bicyclic) bond motifs is 1. The van der Waals surface area contributed by atoms with E-state index in [0.717, 1.165) is 16.8 Å². The number of rotatable bonds is 6. The highest BCUT2D eigenvalue weighted by atomic mass is 16.7. The number of ether oxygens (including phenoxy) is 2. The summed E-state index contributed by atoms with van der Waals surface area (Å²) in [5.41, 5.74) is 3.56. The van der Waals surface area contributed by atoms with Crippen molar-refractivity contribution in [2.45, 2.75) is 26.8 Å². The monoisotopic (exact) mass is 383 g/mol. The molecule has 2 amide bonds. The fourth-order valence-electron chi connectivity index (χ4n) is 2.86. The second kappa shape index (κ2) is 8.31. The van der Waals surface area contributed by atoms with E-state index >= 15 is 0 Å². The van der Waals surface area contributed by atoms with Crippen LogP contribution in [0.15, 0.2) is 36.4 Å². The molecular weight excluding hydrogens is 358 g/mol. The highest BCUT2D eigenvalue weighted by Crippen LogP contribution is 2.34. The van der Waals surface area contributed by atoms with E-state index in [1.807, 2.05) is 32.0 Å². The van der Waals surface area contributed by atoms with Crippen LogP contribution in [-0.4, -0.2) is 43.1 Å². The van der Waals surface area contributed by atoms with Gasteiger partial charge in [-0.1, -0.05) is 12.1 Å². The number of anilines is 2. The van der Waals surface area contributed by atoms with Crippen molar-refractivity contribution in [3.05, 3.63) is 47.5 Å². The average Bonchev–Trinajstić information content (AvgIpc) is 3.12. The highest BCUT2D eigenvalue weighted by molar-refractivity contribution is 5.96. The lowest BCUT2D eigenvalue weighted by Crippen LogP contribution is -2.43. The molecular formula is C21H25N3O4. The molecule has 2 N–H and O–H groups in total. The van der Waals surface area contributed by atoms with E-state index in [1.165, 1.54) is 0 Å². The maximum Gasteiger partial charge on any atom is 0.241 e. The first-order valence-electron chi connectivity index (χ1n) is 9.12. The van der Waals surface area contributed by atoms with Crippen molar-refractivity contribution in [3.8, 4) is 11.5 Å². The molecule has 1 unspecified atom stereocenters. The molecule has 0 bridgehead atoms. The maximum absolute atomic E-state index is 12.5. The first-order chi connectivity index (χ1) is 13.3. The molecule has 0 saturated carbocycles. The van der Waals surface area contributed by atoms with Crippen LogP contribution in [0.25, 0.3) is 0 Å². The van der Waals surface area contributed by atoms with E-state index in [9.17, 15) is 9.59 Å². The van der Waals surface area contributed by atoms with E-state index in [2.05, 4.69) is 10.6 Å². The first kappa shape index (κ1) is 19.7. The maximum atomic E-state index is 12.5. The van der Waals surface area contributed by atoms with Crippen molar-refractivity contribution in [2.24, 2.45) is 0 Å². The summed E-state index contributed by atoms with van der Waals surface area (Å²) >= 11 is 0. The Kier molecular flexibility index (Phi) is 5.84. The Bertz CT molecular complexity index is 897. The van der Waals surface area contributed by atoms with Crippen LogP contribution in [0.4, 0.5) is 11.4 Å². The summed E-state index contributed by atoms with van der Waals surface area (Å²) < 4.78 is 10.6.